The number of carbonyl (C=O) groups excluding carboxylic acids is 1. The molecule has 0 fully saturated rings. The fourth-order valence-corrected chi connectivity index (χ4v) is 1.28. The third-order valence-electron chi connectivity index (χ3n) is 1.98. The van der Waals surface area contributed by atoms with E-state index >= 15 is 0 Å². The molecule has 0 aliphatic heterocycles. The van der Waals surface area contributed by atoms with E-state index in [1.807, 2.05) is 0 Å². The summed E-state index contributed by atoms with van der Waals surface area (Å²) in [6.07, 6.45) is 0. The van der Waals surface area contributed by atoms with Crippen LogP contribution in [0, 0.1) is 15.9 Å². The Morgan fingerprint density at radius 2 is 2.18 bits per heavy atom. The van der Waals surface area contributed by atoms with Crippen LogP contribution in [-0.4, -0.2) is 23.9 Å². The lowest BCUT2D eigenvalue weighted by Crippen LogP contribution is -2.26. The molecule has 0 radical (unpaired) electrons. The number of nitro groups is 1. The van der Waals surface area contributed by atoms with Crippen LogP contribution < -0.4 is 10.6 Å². The second kappa shape index (κ2) is 5.78. The first-order valence-electron chi connectivity index (χ1n) is 4.93. The molecule has 0 aliphatic carbocycles. The van der Waals surface area contributed by atoms with Gasteiger partial charge in [-0.2, -0.15) is 4.39 Å². The molecule has 17 heavy (non-hydrogen) atoms. The number of nitrogens with zero attached hydrogens (tertiary/aromatic N) is 1. The smallest absolute Gasteiger partial charge is 0.327 e. The average molecular weight is 241 g/mol. The Bertz CT molecular complexity index is 437. The first-order chi connectivity index (χ1) is 8.02. The molecule has 1 aromatic rings. The van der Waals surface area contributed by atoms with Crippen molar-refractivity contribution in [2.45, 2.75) is 6.92 Å². The third kappa shape index (κ3) is 3.71. The summed E-state index contributed by atoms with van der Waals surface area (Å²) in [6, 6.07) is 3.81. The molecule has 0 saturated carbocycles. The van der Waals surface area contributed by atoms with E-state index in [1.165, 1.54) is 19.1 Å². The number of anilines is 1. The van der Waals surface area contributed by atoms with Gasteiger partial charge in [0.05, 0.1) is 4.92 Å². The molecular formula is C10H12FN3O3. The molecule has 1 amide bonds. The van der Waals surface area contributed by atoms with Gasteiger partial charge in [0.2, 0.25) is 11.7 Å². The molecule has 0 aliphatic rings. The van der Waals surface area contributed by atoms with Gasteiger partial charge in [0, 0.05) is 20.0 Å². The molecule has 0 bridgehead atoms. The second-order valence-corrected chi connectivity index (χ2v) is 3.30. The fraction of sp³-hybridized carbons (Fsp3) is 0.300. The highest BCUT2D eigenvalue weighted by Gasteiger charge is 2.19. The third-order valence-corrected chi connectivity index (χ3v) is 1.98. The number of hydrogen-bond acceptors (Lipinski definition) is 4. The first-order valence-corrected chi connectivity index (χ1v) is 4.93. The summed E-state index contributed by atoms with van der Waals surface area (Å²) in [4.78, 5) is 20.4. The summed E-state index contributed by atoms with van der Waals surface area (Å²) in [5.41, 5.74) is -0.490. The highest BCUT2D eigenvalue weighted by molar-refractivity contribution is 5.72. The van der Waals surface area contributed by atoms with Gasteiger partial charge in [-0.05, 0) is 12.1 Å². The minimum Gasteiger partial charge on any atom is -0.378 e. The van der Waals surface area contributed by atoms with Crippen LogP contribution in [0.25, 0.3) is 0 Å². The van der Waals surface area contributed by atoms with E-state index in [-0.39, 0.29) is 18.1 Å². The summed E-state index contributed by atoms with van der Waals surface area (Å²) < 4.78 is 13.2. The minimum absolute atomic E-state index is 0.0975. The molecule has 2 N–H and O–H groups in total. The van der Waals surface area contributed by atoms with Crippen molar-refractivity contribution < 1.29 is 14.1 Å². The zero-order valence-corrected chi connectivity index (χ0v) is 9.20. The lowest BCUT2D eigenvalue weighted by Gasteiger charge is -2.07. The molecule has 1 aromatic carbocycles. The molecule has 0 heterocycles. The van der Waals surface area contributed by atoms with Crippen LogP contribution in [0.15, 0.2) is 18.2 Å². The van der Waals surface area contributed by atoms with Gasteiger partial charge in [-0.15, -0.1) is 0 Å². The monoisotopic (exact) mass is 241 g/mol. The largest absolute Gasteiger partial charge is 0.378 e. The number of amides is 1. The van der Waals surface area contributed by atoms with Crippen molar-refractivity contribution in [3.63, 3.8) is 0 Å². The van der Waals surface area contributed by atoms with Gasteiger partial charge in [-0.25, -0.2) is 0 Å². The number of para-hydroxylation sites is 1. The summed E-state index contributed by atoms with van der Waals surface area (Å²) >= 11 is 0. The highest BCUT2D eigenvalue weighted by atomic mass is 19.1. The highest BCUT2D eigenvalue weighted by Crippen LogP contribution is 2.26. The summed E-state index contributed by atoms with van der Waals surface area (Å²) in [7, 11) is 0. The van der Waals surface area contributed by atoms with Gasteiger partial charge in [0.1, 0.15) is 5.69 Å². The molecule has 1 rings (SSSR count). The molecule has 0 aromatic heterocycles. The topological polar surface area (TPSA) is 84.3 Å². The molecule has 92 valence electrons. The zero-order valence-electron chi connectivity index (χ0n) is 9.20. The van der Waals surface area contributed by atoms with Gasteiger partial charge < -0.3 is 10.6 Å². The number of halogens is 1. The van der Waals surface area contributed by atoms with Crippen LogP contribution in [0.3, 0.4) is 0 Å². The molecular weight excluding hydrogens is 229 g/mol. The van der Waals surface area contributed by atoms with Gasteiger partial charge in [-0.3, -0.25) is 14.9 Å². The van der Waals surface area contributed by atoms with Crippen molar-refractivity contribution in [3.05, 3.63) is 34.1 Å². The molecule has 0 saturated heterocycles. The lowest BCUT2D eigenvalue weighted by molar-refractivity contribution is -0.386. The Balaban J connectivity index is 2.67. The maximum atomic E-state index is 13.2. The summed E-state index contributed by atoms with van der Waals surface area (Å²) in [5.74, 6) is -1.08. The Morgan fingerprint density at radius 1 is 1.47 bits per heavy atom. The Kier molecular flexibility index (Phi) is 4.38. The van der Waals surface area contributed by atoms with Crippen LogP contribution in [0.1, 0.15) is 6.92 Å². The number of hydrogen-bond donors (Lipinski definition) is 2. The maximum Gasteiger partial charge on any atom is 0.327 e. The predicted octanol–water partition coefficient (Wildman–Crippen LogP) is 1.28. The van der Waals surface area contributed by atoms with Crippen LogP contribution >= 0.6 is 0 Å². The van der Waals surface area contributed by atoms with Crippen LogP contribution in [0.5, 0.6) is 0 Å². The van der Waals surface area contributed by atoms with Crippen molar-refractivity contribution in [2.24, 2.45) is 0 Å². The standard InChI is InChI=1S/C10H12FN3O3/c1-7(15)12-5-6-13-9-4-2-3-8(11)10(9)14(16)17/h2-4,13H,5-6H2,1H3,(H,12,15). The van der Waals surface area contributed by atoms with Crippen molar-refractivity contribution in [1.29, 1.82) is 0 Å². The number of nitrogens with one attached hydrogen (secondary N) is 2. The molecule has 0 atom stereocenters. The van der Waals surface area contributed by atoms with E-state index in [4.69, 9.17) is 0 Å². The molecule has 6 nitrogen and oxygen atoms in total. The van der Waals surface area contributed by atoms with Crippen LogP contribution in [0.4, 0.5) is 15.8 Å². The number of benzene rings is 1. The van der Waals surface area contributed by atoms with Crippen molar-refractivity contribution in [2.75, 3.05) is 18.4 Å². The summed E-state index contributed by atoms with van der Waals surface area (Å²) in [5, 5.41) is 15.8. The van der Waals surface area contributed by atoms with E-state index in [1.54, 1.807) is 0 Å². The molecule has 0 unspecified atom stereocenters. The fourth-order valence-electron chi connectivity index (χ4n) is 1.28. The Hall–Kier alpha value is -2.18. The number of rotatable bonds is 5. The average Bonchev–Trinajstić information content (AvgIpc) is 2.23. The van der Waals surface area contributed by atoms with E-state index in [0.717, 1.165) is 6.07 Å². The normalized spacial score (nSPS) is 9.76. The maximum absolute atomic E-state index is 13.2. The Morgan fingerprint density at radius 3 is 2.76 bits per heavy atom. The van der Waals surface area contributed by atoms with Gasteiger partial charge in [-0.1, -0.05) is 6.07 Å². The number of carbonyl (C=O) groups is 1. The zero-order chi connectivity index (χ0) is 12.8. The van der Waals surface area contributed by atoms with Gasteiger partial charge in [0.25, 0.3) is 0 Å². The SMILES string of the molecule is CC(=O)NCCNc1cccc(F)c1[N+](=O)[O-]. The first kappa shape index (κ1) is 12.9. The predicted molar refractivity (Wildman–Crippen MR) is 60.2 cm³/mol. The van der Waals surface area contributed by atoms with Crippen LogP contribution in [-0.2, 0) is 4.79 Å². The van der Waals surface area contributed by atoms with Crippen molar-refractivity contribution in [1.82, 2.24) is 5.32 Å². The minimum atomic E-state index is -0.889. The van der Waals surface area contributed by atoms with Crippen molar-refractivity contribution in [3.8, 4) is 0 Å². The second-order valence-electron chi connectivity index (χ2n) is 3.30. The van der Waals surface area contributed by atoms with E-state index < -0.39 is 16.4 Å². The van der Waals surface area contributed by atoms with Crippen LogP contribution in [0.2, 0.25) is 0 Å². The van der Waals surface area contributed by atoms with E-state index in [2.05, 4.69) is 10.6 Å². The van der Waals surface area contributed by atoms with Crippen molar-refractivity contribution >= 4 is 17.3 Å². The Labute approximate surface area is 97.0 Å². The molecule has 0 spiro atoms. The molecule has 7 heteroatoms. The van der Waals surface area contributed by atoms with E-state index in [9.17, 15) is 19.3 Å². The van der Waals surface area contributed by atoms with Gasteiger partial charge in [0.15, 0.2) is 0 Å². The van der Waals surface area contributed by atoms with Gasteiger partial charge >= 0.3 is 5.69 Å². The summed E-state index contributed by atoms with van der Waals surface area (Å²) in [6.45, 7) is 1.96. The lowest BCUT2D eigenvalue weighted by atomic mass is 10.2. The number of nitro benzene ring substituents is 1. The van der Waals surface area contributed by atoms with E-state index in [0.29, 0.717) is 6.54 Å². The quantitative estimate of drug-likeness (QED) is 0.462.